The van der Waals surface area contributed by atoms with Crippen LogP contribution in [0.25, 0.3) is 0 Å². The van der Waals surface area contributed by atoms with Gasteiger partial charge in [0.2, 0.25) is 0 Å². The van der Waals surface area contributed by atoms with Crippen LogP contribution in [-0.2, 0) is 13.1 Å². The quantitative estimate of drug-likeness (QED) is 0.877. The van der Waals surface area contributed by atoms with Crippen LogP contribution >= 0.6 is 0 Å². The molecule has 2 aromatic rings. The van der Waals surface area contributed by atoms with Gasteiger partial charge in [-0.2, -0.15) is 5.10 Å². The third-order valence-electron chi connectivity index (χ3n) is 3.32. The standard InChI is InChI=1S/C14H19N3/c1-10-6-4-5-7-13(10)9-17-12(3)14(8-15)11(2)16-17/h4-7H,8-9,15H2,1-3H3. The molecule has 2 N–H and O–H groups in total. The maximum Gasteiger partial charge on any atom is 0.0665 e. The SMILES string of the molecule is Cc1ccccc1Cn1nc(C)c(CN)c1C. The van der Waals surface area contributed by atoms with Gasteiger partial charge < -0.3 is 5.73 Å². The van der Waals surface area contributed by atoms with Crippen LogP contribution in [0.1, 0.15) is 28.1 Å². The Morgan fingerprint density at radius 2 is 1.88 bits per heavy atom. The second kappa shape index (κ2) is 4.72. The van der Waals surface area contributed by atoms with Crippen molar-refractivity contribution in [3.8, 4) is 0 Å². The maximum atomic E-state index is 5.73. The molecule has 0 unspecified atom stereocenters. The second-order valence-corrected chi connectivity index (χ2v) is 4.44. The van der Waals surface area contributed by atoms with Crippen molar-refractivity contribution in [1.82, 2.24) is 9.78 Å². The Kier molecular flexibility index (Phi) is 3.29. The lowest BCUT2D eigenvalue weighted by atomic mass is 10.1. The summed E-state index contributed by atoms with van der Waals surface area (Å²) in [6.07, 6.45) is 0. The lowest BCUT2D eigenvalue weighted by molar-refractivity contribution is 0.655. The highest BCUT2D eigenvalue weighted by molar-refractivity contribution is 5.28. The van der Waals surface area contributed by atoms with Crippen LogP contribution in [0.4, 0.5) is 0 Å². The normalized spacial score (nSPS) is 10.8. The molecule has 0 spiro atoms. The monoisotopic (exact) mass is 229 g/mol. The fraction of sp³-hybridized carbons (Fsp3) is 0.357. The van der Waals surface area contributed by atoms with E-state index in [4.69, 9.17) is 5.73 Å². The second-order valence-electron chi connectivity index (χ2n) is 4.44. The Labute approximate surface area is 102 Å². The minimum atomic E-state index is 0.561. The summed E-state index contributed by atoms with van der Waals surface area (Å²) in [5.41, 5.74) is 11.7. The van der Waals surface area contributed by atoms with E-state index >= 15 is 0 Å². The van der Waals surface area contributed by atoms with Gasteiger partial charge in [0.1, 0.15) is 0 Å². The molecule has 0 atom stereocenters. The molecule has 17 heavy (non-hydrogen) atoms. The average Bonchev–Trinajstić information content (AvgIpc) is 2.57. The van der Waals surface area contributed by atoms with Gasteiger partial charge in [-0.25, -0.2) is 0 Å². The Balaban J connectivity index is 2.34. The fourth-order valence-corrected chi connectivity index (χ4v) is 2.13. The first-order valence-corrected chi connectivity index (χ1v) is 5.91. The highest BCUT2D eigenvalue weighted by Gasteiger charge is 2.10. The van der Waals surface area contributed by atoms with E-state index in [1.165, 1.54) is 22.4 Å². The Morgan fingerprint density at radius 1 is 1.18 bits per heavy atom. The van der Waals surface area contributed by atoms with Gasteiger partial charge in [0.05, 0.1) is 12.2 Å². The molecule has 3 heteroatoms. The molecule has 0 radical (unpaired) electrons. The predicted molar refractivity (Wildman–Crippen MR) is 69.9 cm³/mol. The smallest absolute Gasteiger partial charge is 0.0665 e. The largest absolute Gasteiger partial charge is 0.326 e. The summed E-state index contributed by atoms with van der Waals surface area (Å²) >= 11 is 0. The zero-order valence-electron chi connectivity index (χ0n) is 10.7. The molecule has 0 saturated carbocycles. The Hall–Kier alpha value is -1.61. The van der Waals surface area contributed by atoms with Crippen LogP contribution < -0.4 is 5.73 Å². The summed E-state index contributed by atoms with van der Waals surface area (Å²) in [6, 6.07) is 8.40. The highest BCUT2D eigenvalue weighted by Crippen LogP contribution is 2.15. The number of rotatable bonds is 3. The molecule has 1 aromatic carbocycles. The number of hydrogen-bond donors (Lipinski definition) is 1. The zero-order chi connectivity index (χ0) is 12.4. The van der Waals surface area contributed by atoms with E-state index in [0.29, 0.717) is 6.54 Å². The van der Waals surface area contributed by atoms with E-state index in [1.54, 1.807) is 0 Å². The minimum absolute atomic E-state index is 0.561. The van der Waals surface area contributed by atoms with Gasteiger partial charge in [0, 0.05) is 17.8 Å². The van der Waals surface area contributed by atoms with Gasteiger partial charge in [-0.15, -0.1) is 0 Å². The van der Waals surface area contributed by atoms with Crippen molar-refractivity contribution in [2.45, 2.75) is 33.9 Å². The van der Waals surface area contributed by atoms with Crippen molar-refractivity contribution in [2.24, 2.45) is 5.73 Å². The van der Waals surface area contributed by atoms with Gasteiger partial charge >= 0.3 is 0 Å². The number of aromatic nitrogens is 2. The van der Waals surface area contributed by atoms with Crippen molar-refractivity contribution < 1.29 is 0 Å². The van der Waals surface area contributed by atoms with Crippen LogP contribution in [0.5, 0.6) is 0 Å². The summed E-state index contributed by atoms with van der Waals surface area (Å²) in [4.78, 5) is 0. The molecule has 0 amide bonds. The molecule has 3 nitrogen and oxygen atoms in total. The van der Waals surface area contributed by atoms with Crippen molar-refractivity contribution in [3.63, 3.8) is 0 Å². The summed E-state index contributed by atoms with van der Waals surface area (Å²) in [7, 11) is 0. The molecule has 0 aliphatic carbocycles. The first-order chi connectivity index (χ1) is 8.13. The summed E-state index contributed by atoms with van der Waals surface area (Å²) in [5.74, 6) is 0. The summed E-state index contributed by atoms with van der Waals surface area (Å²) in [5, 5.41) is 4.55. The van der Waals surface area contributed by atoms with Crippen LogP contribution in [0.15, 0.2) is 24.3 Å². The zero-order valence-corrected chi connectivity index (χ0v) is 10.7. The summed E-state index contributed by atoms with van der Waals surface area (Å²) in [6.45, 7) is 7.61. The number of hydrogen-bond acceptors (Lipinski definition) is 2. The average molecular weight is 229 g/mol. The van der Waals surface area contributed by atoms with Crippen molar-refractivity contribution in [3.05, 3.63) is 52.3 Å². The van der Waals surface area contributed by atoms with Crippen LogP contribution in [0, 0.1) is 20.8 Å². The molecule has 0 fully saturated rings. The minimum Gasteiger partial charge on any atom is -0.326 e. The first kappa shape index (κ1) is 11.9. The van der Waals surface area contributed by atoms with Gasteiger partial charge in [0.15, 0.2) is 0 Å². The Bertz CT molecular complexity index is 526. The number of benzene rings is 1. The van der Waals surface area contributed by atoms with E-state index in [9.17, 15) is 0 Å². The third-order valence-corrected chi connectivity index (χ3v) is 3.32. The predicted octanol–water partition coefficient (Wildman–Crippen LogP) is 2.32. The van der Waals surface area contributed by atoms with E-state index in [2.05, 4.69) is 43.2 Å². The molecule has 90 valence electrons. The molecule has 1 heterocycles. The lowest BCUT2D eigenvalue weighted by Gasteiger charge is -2.08. The van der Waals surface area contributed by atoms with E-state index < -0.39 is 0 Å². The van der Waals surface area contributed by atoms with E-state index in [1.807, 2.05) is 11.6 Å². The maximum absolute atomic E-state index is 5.73. The molecule has 0 aliphatic heterocycles. The van der Waals surface area contributed by atoms with Crippen molar-refractivity contribution in [2.75, 3.05) is 0 Å². The van der Waals surface area contributed by atoms with Gasteiger partial charge in [-0.3, -0.25) is 4.68 Å². The van der Waals surface area contributed by atoms with Crippen LogP contribution in [0.3, 0.4) is 0 Å². The first-order valence-electron chi connectivity index (χ1n) is 5.91. The molecule has 0 saturated heterocycles. The van der Waals surface area contributed by atoms with E-state index in [-0.39, 0.29) is 0 Å². The van der Waals surface area contributed by atoms with Crippen molar-refractivity contribution >= 4 is 0 Å². The van der Waals surface area contributed by atoms with Crippen molar-refractivity contribution in [1.29, 1.82) is 0 Å². The van der Waals surface area contributed by atoms with E-state index in [0.717, 1.165) is 12.2 Å². The summed E-state index contributed by atoms with van der Waals surface area (Å²) < 4.78 is 2.04. The molecular formula is C14H19N3. The lowest BCUT2D eigenvalue weighted by Crippen LogP contribution is -2.06. The third kappa shape index (κ3) is 2.24. The number of nitrogens with zero attached hydrogens (tertiary/aromatic N) is 2. The molecule has 1 aromatic heterocycles. The van der Waals surface area contributed by atoms with Gasteiger partial charge in [0.25, 0.3) is 0 Å². The topological polar surface area (TPSA) is 43.8 Å². The number of nitrogens with two attached hydrogens (primary N) is 1. The fourth-order valence-electron chi connectivity index (χ4n) is 2.13. The van der Waals surface area contributed by atoms with Crippen LogP contribution in [-0.4, -0.2) is 9.78 Å². The Morgan fingerprint density at radius 3 is 2.47 bits per heavy atom. The molecule has 0 bridgehead atoms. The van der Waals surface area contributed by atoms with Gasteiger partial charge in [-0.05, 0) is 31.9 Å². The molecule has 0 aliphatic rings. The molecular weight excluding hydrogens is 210 g/mol. The van der Waals surface area contributed by atoms with Crippen LogP contribution in [0.2, 0.25) is 0 Å². The highest BCUT2D eigenvalue weighted by atomic mass is 15.3. The number of aryl methyl sites for hydroxylation is 2. The molecule has 2 rings (SSSR count). The van der Waals surface area contributed by atoms with Gasteiger partial charge in [-0.1, -0.05) is 24.3 Å².